The van der Waals surface area contributed by atoms with Crippen molar-refractivity contribution in [3.63, 3.8) is 0 Å². The molecule has 0 saturated carbocycles. The Balaban J connectivity index is 1.66. The molecular weight excluding hydrogens is 419 g/mol. The summed E-state index contributed by atoms with van der Waals surface area (Å²) in [6.07, 6.45) is 2.89. The quantitative estimate of drug-likeness (QED) is 0.289. The fourth-order valence-electron chi connectivity index (χ4n) is 2.88. The minimum Gasteiger partial charge on any atom is -0.366 e. The number of amides is 1. The van der Waals surface area contributed by atoms with Crippen LogP contribution in [0.3, 0.4) is 0 Å². The molecule has 0 aliphatic rings. The van der Waals surface area contributed by atoms with E-state index in [4.69, 9.17) is 16.0 Å². The van der Waals surface area contributed by atoms with Gasteiger partial charge in [0.1, 0.15) is 29.3 Å². The van der Waals surface area contributed by atoms with Gasteiger partial charge >= 0.3 is 0 Å². The second-order valence-corrected chi connectivity index (χ2v) is 6.96. The van der Waals surface area contributed by atoms with Crippen LogP contribution in [0, 0.1) is 5.82 Å². The van der Waals surface area contributed by atoms with Crippen molar-refractivity contribution in [3.05, 3.63) is 66.3 Å². The van der Waals surface area contributed by atoms with E-state index in [9.17, 15) is 14.3 Å². The third-order valence-corrected chi connectivity index (χ3v) is 4.61. The molecule has 164 valence electrons. The SMILES string of the molecule is NC(=O)C(N)(O)CNc1ccnc(-c2cc(-c3ccon3)n(Cc3ccccc3F)n2)n1. The Hall–Kier alpha value is -4.16. The van der Waals surface area contributed by atoms with Crippen molar-refractivity contribution in [1.82, 2.24) is 24.9 Å². The monoisotopic (exact) mass is 438 g/mol. The van der Waals surface area contributed by atoms with E-state index in [1.54, 1.807) is 35.0 Å². The summed E-state index contributed by atoms with van der Waals surface area (Å²) in [5, 5.41) is 21.0. The van der Waals surface area contributed by atoms with Gasteiger partial charge in [0.05, 0.1) is 18.8 Å². The summed E-state index contributed by atoms with van der Waals surface area (Å²) < 4.78 is 20.7. The molecule has 6 N–H and O–H groups in total. The van der Waals surface area contributed by atoms with Crippen LogP contribution in [0.2, 0.25) is 0 Å². The first-order valence-corrected chi connectivity index (χ1v) is 9.44. The van der Waals surface area contributed by atoms with Crippen LogP contribution in [0.25, 0.3) is 22.9 Å². The molecule has 0 spiro atoms. The van der Waals surface area contributed by atoms with Crippen molar-refractivity contribution in [3.8, 4) is 22.9 Å². The summed E-state index contributed by atoms with van der Waals surface area (Å²) >= 11 is 0. The molecule has 1 atom stereocenters. The van der Waals surface area contributed by atoms with Gasteiger partial charge in [0.25, 0.3) is 5.91 Å². The second kappa shape index (κ2) is 8.53. The minimum absolute atomic E-state index is 0.144. The van der Waals surface area contributed by atoms with Crippen molar-refractivity contribution < 1.29 is 18.8 Å². The molecule has 0 fully saturated rings. The highest BCUT2D eigenvalue weighted by Crippen LogP contribution is 2.25. The zero-order valence-corrected chi connectivity index (χ0v) is 16.6. The van der Waals surface area contributed by atoms with E-state index in [2.05, 4.69) is 25.5 Å². The number of nitrogens with two attached hydrogens (primary N) is 2. The van der Waals surface area contributed by atoms with Gasteiger partial charge in [-0.1, -0.05) is 23.4 Å². The Kier molecular flexibility index (Phi) is 5.62. The Morgan fingerprint density at radius 1 is 1.25 bits per heavy atom. The average molecular weight is 438 g/mol. The van der Waals surface area contributed by atoms with Crippen molar-refractivity contribution in [2.45, 2.75) is 12.3 Å². The Labute approximate surface area is 180 Å². The van der Waals surface area contributed by atoms with E-state index in [1.165, 1.54) is 24.6 Å². The second-order valence-electron chi connectivity index (χ2n) is 6.96. The number of carbonyl (C=O) groups excluding carboxylic acids is 1. The smallest absolute Gasteiger partial charge is 0.266 e. The fraction of sp³-hybridized carbons (Fsp3) is 0.150. The molecule has 1 unspecified atom stereocenters. The van der Waals surface area contributed by atoms with Gasteiger partial charge in [0.2, 0.25) is 5.72 Å². The maximum atomic E-state index is 14.2. The lowest BCUT2D eigenvalue weighted by molar-refractivity contribution is -0.134. The van der Waals surface area contributed by atoms with Crippen molar-refractivity contribution in [2.75, 3.05) is 11.9 Å². The van der Waals surface area contributed by atoms with E-state index in [0.29, 0.717) is 22.6 Å². The number of carbonyl (C=O) groups is 1. The number of nitrogens with zero attached hydrogens (tertiary/aromatic N) is 5. The number of hydrogen-bond acceptors (Lipinski definition) is 9. The lowest BCUT2D eigenvalue weighted by Gasteiger charge is -2.19. The van der Waals surface area contributed by atoms with Gasteiger partial charge in [-0.05, 0) is 18.2 Å². The third kappa shape index (κ3) is 4.45. The van der Waals surface area contributed by atoms with Gasteiger partial charge in [-0.2, -0.15) is 5.10 Å². The predicted octanol–water partition coefficient (Wildman–Crippen LogP) is 0.727. The first-order chi connectivity index (χ1) is 15.3. The fourth-order valence-corrected chi connectivity index (χ4v) is 2.88. The third-order valence-electron chi connectivity index (χ3n) is 4.61. The van der Waals surface area contributed by atoms with E-state index in [1.807, 2.05) is 0 Å². The van der Waals surface area contributed by atoms with Gasteiger partial charge in [-0.3, -0.25) is 15.2 Å². The number of hydrogen-bond donors (Lipinski definition) is 4. The van der Waals surface area contributed by atoms with Gasteiger partial charge in [-0.25, -0.2) is 14.4 Å². The van der Waals surface area contributed by atoms with Gasteiger partial charge in [-0.15, -0.1) is 0 Å². The lowest BCUT2D eigenvalue weighted by atomic mass is 10.2. The highest BCUT2D eigenvalue weighted by molar-refractivity contribution is 5.83. The number of rotatable bonds is 8. The first kappa shape index (κ1) is 21.1. The summed E-state index contributed by atoms with van der Waals surface area (Å²) in [5.41, 5.74) is 10.2. The molecule has 12 heteroatoms. The van der Waals surface area contributed by atoms with Crippen LogP contribution in [0.5, 0.6) is 0 Å². The van der Waals surface area contributed by atoms with Crippen LogP contribution in [0.1, 0.15) is 5.56 Å². The molecule has 4 aromatic rings. The standard InChI is InChI=1S/C20H19FN8O3/c21-13-4-2-1-3-12(13)10-29-16(14-6-8-32-28-14)9-15(27-29)18-24-7-5-17(26-18)25-11-20(23,31)19(22)30/h1-9,31H,10-11,23H2,(H2,22,30)(H,24,25,26). The number of aliphatic hydroxyl groups is 1. The van der Waals surface area contributed by atoms with Crippen molar-refractivity contribution >= 4 is 11.7 Å². The minimum atomic E-state index is -2.24. The van der Waals surface area contributed by atoms with Crippen LogP contribution in [-0.4, -0.2) is 48.2 Å². The molecule has 32 heavy (non-hydrogen) atoms. The average Bonchev–Trinajstić information content (AvgIpc) is 3.44. The molecule has 11 nitrogen and oxygen atoms in total. The predicted molar refractivity (Wildman–Crippen MR) is 111 cm³/mol. The zero-order valence-electron chi connectivity index (χ0n) is 16.6. The summed E-state index contributed by atoms with van der Waals surface area (Å²) in [6.45, 7) is -0.212. The van der Waals surface area contributed by atoms with Gasteiger partial charge < -0.3 is 20.7 Å². The maximum Gasteiger partial charge on any atom is 0.266 e. The molecule has 3 heterocycles. The number of anilines is 1. The molecule has 1 aromatic carbocycles. The van der Waals surface area contributed by atoms with Crippen LogP contribution in [0.15, 0.2) is 59.4 Å². The van der Waals surface area contributed by atoms with Gasteiger partial charge in [0, 0.05) is 17.8 Å². The van der Waals surface area contributed by atoms with Crippen LogP contribution < -0.4 is 16.8 Å². The molecular formula is C20H19FN8O3. The van der Waals surface area contributed by atoms with E-state index in [-0.39, 0.29) is 30.5 Å². The first-order valence-electron chi connectivity index (χ1n) is 9.44. The number of halogens is 1. The summed E-state index contributed by atoms with van der Waals surface area (Å²) in [7, 11) is 0. The molecule has 1 amide bonds. The maximum absolute atomic E-state index is 14.2. The summed E-state index contributed by atoms with van der Waals surface area (Å²) in [5.74, 6) is -0.913. The summed E-state index contributed by atoms with van der Waals surface area (Å²) in [4.78, 5) is 19.7. The molecule has 0 bridgehead atoms. The number of aromatic nitrogens is 5. The normalized spacial score (nSPS) is 13.0. The Bertz CT molecular complexity index is 1240. The molecule has 4 rings (SSSR count). The van der Waals surface area contributed by atoms with E-state index in [0.717, 1.165) is 0 Å². The number of benzene rings is 1. The molecule has 0 aliphatic carbocycles. The Morgan fingerprint density at radius 3 is 2.78 bits per heavy atom. The number of nitrogens with one attached hydrogen (secondary N) is 1. The van der Waals surface area contributed by atoms with Gasteiger partial charge in [0.15, 0.2) is 5.82 Å². The van der Waals surface area contributed by atoms with Crippen molar-refractivity contribution in [1.29, 1.82) is 0 Å². The molecule has 3 aromatic heterocycles. The summed E-state index contributed by atoms with van der Waals surface area (Å²) in [6, 6.07) is 11.3. The van der Waals surface area contributed by atoms with Crippen LogP contribution in [-0.2, 0) is 11.3 Å². The van der Waals surface area contributed by atoms with E-state index >= 15 is 0 Å². The molecule has 0 radical (unpaired) electrons. The highest BCUT2D eigenvalue weighted by atomic mass is 19.1. The van der Waals surface area contributed by atoms with Crippen molar-refractivity contribution in [2.24, 2.45) is 11.5 Å². The largest absolute Gasteiger partial charge is 0.366 e. The Morgan fingerprint density at radius 2 is 2.06 bits per heavy atom. The zero-order chi connectivity index (χ0) is 22.7. The number of primary amides is 1. The van der Waals surface area contributed by atoms with Crippen LogP contribution >= 0.6 is 0 Å². The lowest BCUT2D eigenvalue weighted by Crippen LogP contribution is -2.56. The van der Waals surface area contributed by atoms with Crippen LogP contribution in [0.4, 0.5) is 10.2 Å². The molecule has 0 saturated heterocycles. The topological polar surface area (TPSA) is 171 Å². The highest BCUT2D eigenvalue weighted by Gasteiger charge is 2.28. The van der Waals surface area contributed by atoms with E-state index < -0.39 is 11.6 Å². The molecule has 0 aliphatic heterocycles.